The predicted molar refractivity (Wildman–Crippen MR) is 58.6 cm³/mol. The van der Waals surface area contributed by atoms with Gasteiger partial charge < -0.3 is 14.7 Å². The number of rotatable bonds is 5. The van der Waals surface area contributed by atoms with Gasteiger partial charge in [-0.2, -0.15) is 4.98 Å². The first-order chi connectivity index (χ1) is 7.79. The molecule has 2 rings (SSSR count). The van der Waals surface area contributed by atoms with Gasteiger partial charge in [0.05, 0.1) is 6.26 Å². The van der Waals surface area contributed by atoms with Crippen molar-refractivity contribution in [3.8, 4) is 11.6 Å². The molecule has 0 aromatic carbocycles. The van der Waals surface area contributed by atoms with Gasteiger partial charge >= 0.3 is 0 Å². The van der Waals surface area contributed by atoms with Gasteiger partial charge in [-0.25, -0.2) is 0 Å². The van der Waals surface area contributed by atoms with Gasteiger partial charge in [-0.05, 0) is 18.6 Å². The highest BCUT2D eigenvalue weighted by Crippen LogP contribution is 2.16. The first-order valence-corrected chi connectivity index (χ1v) is 5.41. The fourth-order valence-corrected chi connectivity index (χ4v) is 1.54. The van der Waals surface area contributed by atoms with Crippen molar-refractivity contribution in [2.45, 2.75) is 32.2 Å². The average molecular weight is 221 g/mol. The van der Waals surface area contributed by atoms with Crippen LogP contribution in [-0.4, -0.2) is 16.2 Å². The lowest BCUT2D eigenvalue weighted by Gasteiger charge is -2.05. The van der Waals surface area contributed by atoms with Crippen molar-refractivity contribution >= 4 is 0 Å². The standard InChI is InChI=1S/C11H15N3O2/c1-2-4-8(12)7-10-13-11(14-16-10)9-5-3-6-15-9/h3,5-6,8H,2,4,7,12H2,1H3. The smallest absolute Gasteiger partial charge is 0.238 e. The number of furan rings is 1. The molecule has 0 radical (unpaired) electrons. The van der Waals surface area contributed by atoms with Crippen LogP contribution in [0, 0.1) is 0 Å². The maximum Gasteiger partial charge on any atom is 0.238 e. The van der Waals surface area contributed by atoms with Crippen LogP contribution in [-0.2, 0) is 6.42 Å². The molecule has 0 spiro atoms. The maximum atomic E-state index is 5.89. The SMILES string of the molecule is CCCC(N)Cc1nc(-c2ccco2)no1. The van der Waals surface area contributed by atoms with Gasteiger partial charge in [0, 0.05) is 12.5 Å². The summed E-state index contributed by atoms with van der Waals surface area (Å²) in [5, 5.41) is 3.84. The van der Waals surface area contributed by atoms with Crippen LogP contribution in [0.2, 0.25) is 0 Å². The summed E-state index contributed by atoms with van der Waals surface area (Å²) < 4.78 is 10.3. The Hall–Kier alpha value is -1.62. The van der Waals surface area contributed by atoms with Gasteiger partial charge in [-0.1, -0.05) is 18.5 Å². The van der Waals surface area contributed by atoms with E-state index in [2.05, 4.69) is 17.1 Å². The topological polar surface area (TPSA) is 78.1 Å². The molecular weight excluding hydrogens is 206 g/mol. The molecule has 5 nitrogen and oxygen atoms in total. The Labute approximate surface area is 93.6 Å². The minimum absolute atomic E-state index is 0.0786. The van der Waals surface area contributed by atoms with E-state index >= 15 is 0 Å². The maximum absolute atomic E-state index is 5.89. The molecule has 0 saturated heterocycles. The Balaban J connectivity index is 2.03. The Bertz CT molecular complexity index is 422. The average Bonchev–Trinajstić information content (AvgIpc) is 2.86. The van der Waals surface area contributed by atoms with Crippen LogP contribution in [0.1, 0.15) is 25.7 Å². The highest BCUT2D eigenvalue weighted by molar-refractivity contribution is 5.44. The molecule has 2 heterocycles. The molecule has 0 aliphatic heterocycles. The van der Waals surface area contributed by atoms with Crippen molar-refractivity contribution < 1.29 is 8.94 Å². The molecule has 0 fully saturated rings. The van der Waals surface area contributed by atoms with E-state index in [1.165, 1.54) is 0 Å². The zero-order valence-electron chi connectivity index (χ0n) is 9.22. The lowest BCUT2D eigenvalue weighted by atomic mass is 10.1. The molecule has 2 N–H and O–H groups in total. The third kappa shape index (κ3) is 2.49. The van der Waals surface area contributed by atoms with Crippen LogP contribution in [0.25, 0.3) is 11.6 Å². The quantitative estimate of drug-likeness (QED) is 0.835. The summed E-state index contributed by atoms with van der Waals surface area (Å²) in [7, 11) is 0. The van der Waals surface area contributed by atoms with Crippen molar-refractivity contribution in [2.24, 2.45) is 5.73 Å². The molecule has 1 atom stereocenters. The van der Waals surface area contributed by atoms with E-state index in [9.17, 15) is 0 Å². The Morgan fingerprint density at radius 2 is 2.38 bits per heavy atom. The number of hydrogen-bond donors (Lipinski definition) is 1. The van der Waals surface area contributed by atoms with Crippen LogP contribution in [0.3, 0.4) is 0 Å². The molecule has 0 amide bonds. The van der Waals surface area contributed by atoms with E-state index < -0.39 is 0 Å². The van der Waals surface area contributed by atoms with Gasteiger partial charge in [0.2, 0.25) is 11.7 Å². The Kier molecular flexibility index (Phi) is 3.36. The van der Waals surface area contributed by atoms with E-state index in [0.29, 0.717) is 23.9 Å². The molecule has 86 valence electrons. The van der Waals surface area contributed by atoms with Crippen LogP contribution in [0.4, 0.5) is 0 Å². The van der Waals surface area contributed by atoms with E-state index in [4.69, 9.17) is 14.7 Å². The van der Waals surface area contributed by atoms with Crippen molar-refractivity contribution in [3.05, 3.63) is 24.3 Å². The second-order valence-corrected chi connectivity index (χ2v) is 3.74. The molecule has 0 aliphatic carbocycles. The molecular formula is C11H15N3O2. The Morgan fingerprint density at radius 1 is 1.50 bits per heavy atom. The van der Waals surface area contributed by atoms with Crippen LogP contribution >= 0.6 is 0 Å². The summed E-state index contributed by atoms with van der Waals surface area (Å²) in [5.41, 5.74) is 5.89. The highest BCUT2D eigenvalue weighted by Gasteiger charge is 2.13. The first-order valence-electron chi connectivity index (χ1n) is 5.41. The van der Waals surface area contributed by atoms with E-state index in [0.717, 1.165) is 12.8 Å². The summed E-state index contributed by atoms with van der Waals surface area (Å²) in [5.74, 6) is 1.65. The van der Waals surface area contributed by atoms with Crippen molar-refractivity contribution in [2.75, 3.05) is 0 Å². The van der Waals surface area contributed by atoms with E-state index in [1.807, 2.05) is 0 Å². The first kappa shape index (κ1) is 10.9. The number of nitrogens with zero attached hydrogens (tertiary/aromatic N) is 2. The van der Waals surface area contributed by atoms with Crippen LogP contribution in [0.5, 0.6) is 0 Å². The van der Waals surface area contributed by atoms with E-state index in [-0.39, 0.29) is 6.04 Å². The second-order valence-electron chi connectivity index (χ2n) is 3.74. The summed E-state index contributed by atoms with van der Waals surface area (Å²) in [4.78, 5) is 4.22. The zero-order valence-corrected chi connectivity index (χ0v) is 9.22. The number of hydrogen-bond acceptors (Lipinski definition) is 5. The summed E-state index contributed by atoms with van der Waals surface area (Å²) in [6.07, 6.45) is 4.20. The van der Waals surface area contributed by atoms with Crippen molar-refractivity contribution in [3.63, 3.8) is 0 Å². The summed E-state index contributed by atoms with van der Waals surface area (Å²) >= 11 is 0. The minimum Gasteiger partial charge on any atom is -0.461 e. The monoisotopic (exact) mass is 221 g/mol. The lowest BCUT2D eigenvalue weighted by Crippen LogP contribution is -2.22. The second kappa shape index (κ2) is 4.94. The van der Waals surface area contributed by atoms with Crippen LogP contribution in [0.15, 0.2) is 27.3 Å². The van der Waals surface area contributed by atoms with E-state index in [1.54, 1.807) is 18.4 Å². The molecule has 0 saturated carbocycles. The third-order valence-corrected chi connectivity index (χ3v) is 2.31. The zero-order chi connectivity index (χ0) is 11.4. The van der Waals surface area contributed by atoms with Gasteiger partial charge in [-0.15, -0.1) is 0 Å². The molecule has 1 unspecified atom stereocenters. The minimum atomic E-state index is 0.0786. The highest BCUT2D eigenvalue weighted by atomic mass is 16.5. The lowest BCUT2D eigenvalue weighted by molar-refractivity contribution is 0.365. The molecule has 16 heavy (non-hydrogen) atoms. The molecule has 0 aliphatic rings. The molecule has 2 aromatic heterocycles. The van der Waals surface area contributed by atoms with Crippen molar-refractivity contribution in [1.82, 2.24) is 10.1 Å². The predicted octanol–water partition coefficient (Wildman–Crippen LogP) is 2.00. The largest absolute Gasteiger partial charge is 0.461 e. The molecule has 0 bridgehead atoms. The summed E-state index contributed by atoms with van der Waals surface area (Å²) in [6, 6.07) is 3.66. The van der Waals surface area contributed by atoms with Gasteiger partial charge in [0.25, 0.3) is 0 Å². The number of aromatic nitrogens is 2. The fourth-order valence-electron chi connectivity index (χ4n) is 1.54. The molecule has 2 aromatic rings. The normalized spacial score (nSPS) is 12.9. The summed E-state index contributed by atoms with van der Waals surface area (Å²) in [6.45, 7) is 2.10. The fraction of sp³-hybridized carbons (Fsp3) is 0.455. The van der Waals surface area contributed by atoms with Gasteiger partial charge in [0.1, 0.15) is 0 Å². The van der Waals surface area contributed by atoms with Crippen molar-refractivity contribution in [1.29, 1.82) is 0 Å². The third-order valence-electron chi connectivity index (χ3n) is 2.31. The number of nitrogens with two attached hydrogens (primary N) is 1. The van der Waals surface area contributed by atoms with Gasteiger partial charge in [0.15, 0.2) is 5.76 Å². The van der Waals surface area contributed by atoms with Crippen LogP contribution < -0.4 is 5.73 Å². The van der Waals surface area contributed by atoms with Gasteiger partial charge in [-0.3, -0.25) is 0 Å². The Morgan fingerprint density at radius 3 is 3.06 bits per heavy atom. The molecule has 5 heteroatoms.